The maximum absolute atomic E-state index is 12.0. The van der Waals surface area contributed by atoms with Gasteiger partial charge in [-0.05, 0) is 48.9 Å². The van der Waals surface area contributed by atoms with Gasteiger partial charge in [0.15, 0.2) is 0 Å². The lowest BCUT2D eigenvalue weighted by atomic mass is 10.1. The predicted molar refractivity (Wildman–Crippen MR) is 75.7 cm³/mol. The number of aryl methyl sites for hydroxylation is 1. The summed E-state index contributed by atoms with van der Waals surface area (Å²) in [5, 5.41) is 3.40. The molecule has 0 spiro atoms. The predicted octanol–water partition coefficient (Wildman–Crippen LogP) is 1.47. The second kappa shape index (κ2) is 5.21. The number of fused-ring (bicyclic) bond motifs is 1. The Balaban J connectivity index is 1.59. The van der Waals surface area contributed by atoms with E-state index in [1.807, 2.05) is 11.0 Å². The second-order valence-electron chi connectivity index (χ2n) is 5.52. The molecule has 1 aliphatic heterocycles. The van der Waals surface area contributed by atoms with Gasteiger partial charge in [-0.2, -0.15) is 0 Å². The highest BCUT2D eigenvalue weighted by atomic mass is 16.2. The number of nitrogen functional groups attached to an aromatic ring is 1. The number of amides is 1. The van der Waals surface area contributed by atoms with Gasteiger partial charge in [0.25, 0.3) is 0 Å². The van der Waals surface area contributed by atoms with Crippen LogP contribution in [0.1, 0.15) is 36.4 Å². The monoisotopic (exact) mass is 259 g/mol. The van der Waals surface area contributed by atoms with Crippen LogP contribution in [0.3, 0.4) is 0 Å². The Morgan fingerprint density at radius 3 is 2.95 bits per heavy atom. The van der Waals surface area contributed by atoms with Gasteiger partial charge in [0.05, 0.1) is 6.54 Å². The molecule has 4 nitrogen and oxygen atoms in total. The molecule has 3 rings (SSSR count). The third-order valence-electron chi connectivity index (χ3n) is 4.20. The molecule has 1 aromatic carbocycles. The SMILES string of the molecule is Nc1ccc2c(c1)CCC2NCC(=O)N1CCCC1. The molecule has 1 fully saturated rings. The van der Waals surface area contributed by atoms with Crippen molar-refractivity contribution >= 4 is 11.6 Å². The summed E-state index contributed by atoms with van der Waals surface area (Å²) >= 11 is 0. The molecule has 1 aliphatic carbocycles. The van der Waals surface area contributed by atoms with Gasteiger partial charge in [0.2, 0.25) is 5.91 Å². The average Bonchev–Trinajstić information content (AvgIpc) is 3.05. The molecule has 19 heavy (non-hydrogen) atoms. The van der Waals surface area contributed by atoms with E-state index in [9.17, 15) is 4.79 Å². The van der Waals surface area contributed by atoms with Crippen molar-refractivity contribution in [1.29, 1.82) is 0 Å². The summed E-state index contributed by atoms with van der Waals surface area (Å²) in [4.78, 5) is 14.0. The highest BCUT2D eigenvalue weighted by Gasteiger charge is 2.24. The van der Waals surface area contributed by atoms with Crippen LogP contribution in [0, 0.1) is 0 Å². The van der Waals surface area contributed by atoms with E-state index in [0.717, 1.165) is 44.5 Å². The van der Waals surface area contributed by atoms with E-state index in [1.54, 1.807) is 0 Å². The molecule has 0 aromatic heterocycles. The lowest BCUT2D eigenvalue weighted by molar-refractivity contribution is -0.129. The van der Waals surface area contributed by atoms with Gasteiger partial charge in [0, 0.05) is 24.8 Å². The summed E-state index contributed by atoms with van der Waals surface area (Å²) in [6.07, 6.45) is 4.41. The lowest BCUT2D eigenvalue weighted by Crippen LogP contribution is -2.37. The van der Waals surface area contributed by atoms with Crippen LogP contribution in [-0.2, 0) is 11.2 Å². The van der Waals surface area contributed by atoms with Gasteiger partial charge in [-0.15, -0.1) is 0 Å². The molecule has 0 bridgehead atoms. The third kappa shape index (κ3) is 2.59. The van der Waals surface area contributed by atoms with Crippen LogP contribution >= 0.6 is 0 Å². The minimum atomic E-state index is 0.237. The molecule has 2 aliphatic rings. The first kappa shape index (κ1) is 12.5. The molecule has 1 saturated heterocycles. The van der Waals surface area contributed by atoms with Crippen LogP contribution in [0.25, 0.3) is 0 Å². The minimum absolute atomic E-state index is 0.237. The van der Waals surface area contributed by atoms with Crippen LogP contribution in [0.4, 0.5) is 5.69 Å². The van der Waals surface area contributed by atoms with E-state index in [2.05, 4.69) is 17.4 Å². The Labute approximate surface area is 114 Å². The van der Waals surface area contributed by atoms with E-state index in [0.29, 0.717) is 12.6 Å². The number of benzene rings is 1. The Kier molecular flexibility index (Phi) is 3.42. The molecule has 102 valence electrons. The molecule has 0 radical (unpaired) electrons. The Hall–Kier alpha value is -1.55. The first-order valence-electron chi connectivity index (χ1n) is 7.13. The van der Waals surface area contributed by atoms with Crippen LogP contribution < -0.4 is 11.1 Å². The summed E-state index contributed by atoms with van der Waals surface area (Å²) in [7, 11) is 0. The number of carbonyl (C=O) groups excluding carboxylic acids is 1. The topological polar surface area (TPSA) is 58.4 Å². The summed E-state index contributed by atoms with van der Waals surface area (Å²) in [5.41, 5.74) is 9.26. The van der Waals surface area contributed by atoms with Crippen molar-refractivity contribution in [2.24, 2.45) is 0 Å². The number of likely N-dealkylation sites (tertiary alicyclic amines) is 1. The summed E-state index contributed by atoms with van der Waals surface area (Å²) in [6, 6.07) is 6.40. The molecule has 1 atom stereocenters. The van der Waals surface area contributed by atoms with Gasteiger partial charge < -0.3 is 16.0 Å². The number of nitrogens with two attached hydrogens (primary N) is 1. The van der Waals surface area contributed by atoms with Gasteiger partial charge in [-0.1, -0.05) is 6.07 Å². The van der Waals surface area contributed by atoms with Crippen molar-refractivity contribution in [2.75, 3.05) is 25.4 Å². The molecule has 1 heterocycles. The van der Waals surface area contributed by atoms with Crippen LogP contribution in [0.5, 0.6) is 0 Å². The molecule has 4 heteroatoms. The average molecular weight is 259 g/mol. The van der Waals surface area contributed by atoms with Crippen molar-refractivity contribution < 1.29 is 4.79 Å². The Bertz CT molecular complexity index is 480. The van der Waals surface area contributed by atoms with Crippen molar-refractivity contribution in [2.45, 2.75) is 31.7 Å². The van der Waals surface area contributed by atoms with Crippen molar-refractivity contribution in [3.05, 3.63) is 29.3 Å². The van der Waals surface area contributed by atoms with E-state index < -0.39 is 0 Å². The summed E-state index contributed by atoms with van der Waals surface area (Å²) < 4.78 is 0. The van der Waals surface area contributed by atoms with Crippen molar-refractivity contribution in [3.63, 3.8) is 0 Å². The van der Waals surface area contributed by atoms with Crippen LogP contribution in [-0.4, -0.2) is 30.4 Å². The van der Waals surface area contributed by atoms with E-state index in [-0.39, 0.29) is 5.91 Å². The molecule has 3 N–H and O–H groups in total. The highest BCUT2D eigenvalue weighted by Crippen LogP contribution is 2.32. The zero-order valence-corrected chi connectivity index (χ0v) is 11.2. The maximum Gasteiger partial charge on any atom is 0.236 e. The summed E-state index contributed by atoms with van der Waals surface area (Å²) in [5.74, 6) is 0.237. The maximum atomic E-state index is 12.0. The summed E-state index contributed by atoms with van der Waals surface area (Å²) in [6.45, 7) is 2.31. The number of rotatable bonds is 3. The number of anilines is 1. The molecular weight excluding hydrogens is 238 g/mol. The third-order valence-corrected chi connectivity index (χ3v) is 4.20. The largest absolute Gasteiger partial charge is 0.399 e. The zero-order valence-electron chi connectivity index (χ0n) is 11.2. The van der Waals surface area contributed by atoms with E-state index >= 15 is 0 Å². The van der Waals surface area contributed by atoms with Gasteiger partial charge in [-0.25, -0.2) is 0 Å². The molecule has 1 amide bonds. The molecule has 1 unspecified atom stereocenters. The van der Waals surface area contributed by atoms with Crippen LogP contribution in [0.15, 0.2) is 18.2 Å². The lowest BCUT2D eigenvalue weighted by Gasteiger charge is -2.18. The normalized spacial score (nSPS) is 21.7. The fourth-order valence-electron chi connectivity index (χ4n) is 3.14. The second-order valence-corrected chi connectivity index (χ2v) is 5.52. The highest BCUT2D eigenvalue weighted by molar-refractivity contribution is 5.78. The quantitative estimate of drug-likeness (QED) is 0.808. The van der Waals surface area contributed by atoms with E-state index in [4.69, 9.17) is 5.73 Å². The molecular formula is C15H21N3O. The Morgan fingerprint density at radius 1 is 1.37 bits per heavy atom. The first-order valence-corrected chi connectivity index (χ1v) is 7.13. The van der Waals surface area contributed by atoms with E-state index in [1.165, 1.54) is 11.1 Å². The number of hydrogen-bond acceptors (Lipinski definition) is 3. The zero-order chi connectivity index (χ0) is 13.2. The fraction of sp³-hybridized carbons (Fsp3) is 0.533. The number of carbonyl (C=O) groups is 1. The fourth-order valence-corrected chi connectivity index (χ4v) is 3.14. The molecule has 1 aromatic rings. The number of nitrogens with one attached hydrogen (secondary N) is 1. The van der Waals surface area contributed by atoms with Gasteiger partial charge in [0.1, 0.15) is 0 Å². The Morgan fingerprint density at radius 2 is 2.16 bits per heavy atom. The molecule has 0 saturated carbocycles. The van der Waals surface area contributed by atoms with Gasteiger partial charge in [-0.3, -0.25) is 4.79 Å². The number of hydrogen-bond donors (Lipinski definition) is 2. The minimum Gasteiger partial charge on any atom is -0.399 e. The van der Waals surface area contributed by atoms with Crippen LogP contribution in [0.2, 0.25) is 0 Å². The van der Waals surface area contributed by atoms with Crippen molar-refractivity contribution in [1.82, 2.24) is 10.2 Å². The first-order chi connectivity index (χ1) is 9.24. The van der Waals surface area contributed by atoms with Crippen molar-refractivity contribution in [3.8, 4) is 0 Å². The van der Waals surface area contributed by atoms with Gasteiger partial charge >= 0.3 is 0 Å². The smallest absolute Gasteiger partial charge is 0.236 e. The number of nitrogens with zero attached hydrogens (tertiary/aromatic N) is 1. The standard InChI is InChI=1S/C15H21N3O/c16-12-4-5-13-11(9-12)3-6-14(13)17-10-15(19)18-7-1-2-8-18/h4-5,9,14,17H,1-3,6-8,10,16H2.